The summed E-state index contributed by atoms with van der Waals surface area (Å²) in [6, 6.07) is 7.69. The first kappa shape index (κ1) is 13.5. The molecule has 0 saturated heterocycles. The molecule has 0 atom stereocenters. The van der Waals surface area contributed by atoms with Gasteiger partial charge in [-0.2, -0.15) is 0 Å². The second-order valence-electron chi connectivity index (χ2n) is 4.52. The van der Waals surface area contributed by atoms with Gasteiger partial charge in [0.05, 0.1) is 0 Å². The highest BCUT2D eigenvalue weighted by Crippen LogP contribution is 2.27. The average Bonchev–Trinajstić information content (AvgIpc) is 2.87. The van der Waals surface area contributed by atoms with Gasteiger partial charge in [-0.3, -0.25) is 0 Å². The molecule has 3 aromatic rings. The van der Waals surface area contributed by atoms with Crippen molar-refractivity contribution < 1.29 is 13.5 Å². The number of furan rings is 1. The lowest BCUT2D eigenvalue weighted by Gasteiger charge is -2.04. The van der Waals surface area contributed by atoms with E-state index >= 15 is 0 Å². The van der Waals surface area contributed by atoms with Gasteiger partial charge in [-0.15, -0.1) is 0 Å². The second kappa shape index (κ2) is 5.49. The van der Waals surface area contributed by atoms with Gasteiger partial charge in [-0.05, 0) is 31.2 Å². The highest BCUT2D eigenvalue weighted by Gasteiger charge is 2.11. The van der Waals surface area contributed by atoms with Crippen LogP contribution in [0.5, 0.6) is 0 Å². The zero-order valence-electron chi connectivity index (χ0n) is 11.5. The third-order valence-electron chi connectivity index (χ3n) is 2.96. The molecule has 6 heteroatoms. The number of halogens is 1. The number of nitrogens with two attached hydrogens (primary N) is 1. The van der Waals surface area contributed by atoms with Crippen LogP contribution in [0, 0.1) is 5.82 Å². The Balaban J connectivity index is 2.02. The average molecular weight is 287 g/mol. The summed E-state index contributed by atoms with van der Waals surface area (Å²) in [5, 5.41) is 0.675. The maximum absolute atomic E-state index is 13.2. The molecule has 0 spiro atoms. The quantitative estimate of drug-likeness (QED) is 0.798. The number of nitrogen functional groups attached to an aromatic ring is 1. The lowest BCUT2D eigenvalue weighted by molar-refractivity contribution is 0.128. The standard InChI is InChI=1S/C15H14FN3O2/c1-2-20-8-15-18-11(7-14(17)19-15)13-6-9-5-10(16)3-4-12(9)21-13/h3-7H,2,8H2,1H3,(H2,17,18,19). The minimum atomic E-state index is -0.311. The number of hydrogen-bond donors (Lipinski definition) is 1. The normalized spacial score (nSPS) is 11.1. The molecular formula is C15H14FN3O2. The Morgan fingerprint density at radius 1 is 1.24 bits per heavy atom. The summed E-state index contributed by atoms with van der Waals surface area (Å²) in [7, 11) is 0. The van der Waals surface area contributed by atoms with E-state index in [9.17, 15) is 4.39 Å². The van der Waals surface area contributed by atoms with E-state index in [0.29, 0.717) is 40.7 Å². The Bertz CT molecular complexity index is 786. The largest absolute Gasteiger partial charge is 0.454 e. The van der Waals surface area contributed by atoms with E-state index in [2.05, 4.69) is 9.97 Å². The first-order valence-corrected chi connectivity index (χ1v) is 6.56. The molecule has 3 rings (SSSR count). The molecule has 2 heterocycles. The van der Waals surface area contributed by atoms with Crippen LogP contribution >= 0.6 is 0 Å². The molecule has 0 radical (unpaired) electrons. The van der Waals surface area contributed by atoms with Crippen molar-refractivity contribution >= 4 is 16.8 Å². The van der Waals surface area contributed by atoms with Crippen molar-refractivity contribution in [3.63, 3.8) is 0 Å². The van der Waals surface area contributed by atoms with Gasteiger partial charge in [-0.25, -0.2) is 14.4 Å². The van der Waals surface area contributed by atoms with Crippen molar-refractivity contribution in [1.29, 1.82) is 0 Å². The minimum absolute atomic E-state index is 0.281. The zero-order valence-corrected chi connectivity index (χ0v) is 11.5. The molecule has 0 amide bonds. The number of fused-ring (bicyclic) bond motifs is 1. The van der Waals surface area contributed by atoms with Crippen LogP contribution in [-0.4, -0.2) is 16.6 Å². The molecule has 0 bridgehead atoms. The summed E-state index contributed by atoms with van der Waals surface area (Å²) in [6.45, 7) is 2.74. The van der Waals surface area contributed by atoms with Crippen molar-refractivity contribution in [3.8, 4) is 11.5 Å². The number of rotatable bonds is 4. The van der Waals surface area contributed by atoms with Gasteiger partial charge < -0.3 is 14.9 Å². The molecule has 0 aliphatic heterocycles. The van der Waals surface area contributed by atoms with Gasteiger partial charge in [0, 0.05) is 18.1 Å². The van der Waals surface area contributed by atoms with Gasteiger partial charge in [0.15, 0.2) is 11.6 Å². The van der Waals surface area contributed by atoms with Crippen LogP contribution < -0.4 is 5.73 Å². The molecule has 2 aromatic heterocycles. The van der Waals surface area contributed by atoms with Crippen LogP contribution in [0.4, 0.5) is 10.2 Å². The topological polar surface area (TPSA) is 74.2 Å². The first-order valence-electron chi connectivity index (χ1n) is 6.56. The molecule has 0 saturated carbocycles. The van der Waals surface area contributed by atoms with Crippen LogP contribution in [0.3, 0.4) is 0 Å². The number of aromatic nitrogens is 2. The van der Waals surface area contributed by atoms with E-state index in [1.807, 2.05) is 6.92 Å². The summed E-state index contributed by atoms with van der Waals surface area (Å²) in [5.74, 6) is 1.02. The van der Waals surface area contributed by atoms with E-state index in [-0.39, 0.29) is 12.4 Å². The number of benzene rings is 1. The SMILES string of the molecule is CCOCc1nc(N)cc(-c2cc3cc(F)ccc3o2)n1. The third-order valence-corrected chi connectivity index (χ3v) is 2.96. The van der Waals surface area contributed by atoms with Crippen molar-refractivity contribution in [2.75, 3.05) is 12.3 Å². The molecule has 0 unspecified atom stereocenters. The Hall–Kier alpha value is -2.47. The highest BCUT2D eigenvalue weighted by molar-refractivity contribution is 5.82. The van der Waals surface area contributed by atoms with Crippen molar-refractivity contribution in [2.45, 2.75) is 13.5 Å². The molecule has 21 heavy (non-hydrogen) atoms. The molecule has 2 N–H and O–H groups in total. The van der Waals surface area contributed by atoms with Crippen LogP contribution in [0.25, 0.3) is 22.4 Å². The van der Waals surface area contributed by atoms with Gasteiger partial charge in [-0.1, -0.05) is 0 Å². The van der Waals surface area contributed by atoms with Crippen LogP contribution in [-0.2, 0) is 11.3 Å². The Morgan fingerprint density at radius 3 is 2.90 bits per heavy atom. The summed E-state index contributed by atoms with van der Waals surface area (Å²) < 4.78 is 24.2. The van der Waals surface area contributed by atoms with Crippen LogP contribution in [0.1, 0.15) is 12.7 Å². The lowest BCUT2D eigenvalue weighted by Crippen LogP contribution is -2.03. The fourth-order valence-corrected chi connectivity index (χ4v) is 2.04. The third kappa shape index (κ3) is 2.85. The minimum Gasteiger partial charge on any atom is -0.454 e. The Morgan fingerprint density at radius 2 is 2.10 bits per heavy atom. The molecule has 1 aromatic carbocycles. The van der Waals surface area contributed by atoms with E-state index in [0.717, 1.165) is 0 Å². The van der Waals surface area contributed by atoms with Crippen molar-refractivity contribution in [3.05, 3.63) is 42.0 Å². The smallest absolute Gasteiger partial charge is 0.157 e. The number of anilines is 1. The predicted molar refractivity (Wildman–Crippen MR) is 76.9 cm³/mol. The molecule has 0 aliphatic carbocycles. The fourth-order valence-electron chi connectivity index (χ4n) is 2.04. The summed E-state index contributed by atoms with van der Waals surface area (Å²) in [5.41, 5.74) is 6.92. The maximum Gasteiger partial charge on any atom is 0.157 e. The highest BCUT2D eigenvalue weighted by atomic mass is 19.1. The van der Waals surface area contributed by atoms with E-state index in [4.69, 9.17) is 14.9 Å². The second-order valence-corrected chi connectivity index (χ2v) is 4.52. The maximum atomic E-state index is 13.2. The number of hydrogen-bond acceptors (Lipinski definition) is 5. The van der Waals surface area contributed by atoms with Crippen LogP contribution in [0.15, 0.2) is 34.7 Å². The van der Waals surface area contributed by atoms with Crippen LogP contribution in [0.2, 0.25) is 0 Å². The Labute approximate surface area is 120 Å². The monoisotopic (exact) mass is 287 g/mol. The summed E-state index contributed by atoms with van der Waals surface area (Å²) in [6.07, 6.45) is 0. The first-order chi connectivity index (χ1) is 10.2. The molecule has 0 fully saturated rings. The van der Waals surface area contributed by atoms with E-state index < -0.39 is 0 Å². The summed E-state index contributed by atoms with van der Waals surface area (Å²) in [4.78, 5) is 8.46. The van der Waals surface area contributed by atoms with E-state index in [1.54, 1.807) is 18.2 Å². The predicted octanol–water partition coefficient (Wildman–Crippen LogP) is 3.15. The fraction of sp³-hybridized carbons (Fsp3) is 0.200. The molecule has 0 aliphatic rings. The molecule has 5 nitrogen and oxygen atoms in total. The van der Waals surface area contributed by atoms with Gasteiger partial charge in [0.2, 0.25) is 0 Å². The zero-order chi connectivity index (χ0) is 14.8. The van der Waals surface area contributed by atoms with Gasteiger partial charge in [0.1, 0.15) is 29.5 Å². The van der Waals surface area contributed by atoms with Crippen molar-refractivity contribution in [1.82, 2.24) is 9.97 Å². The number of nitrogens with zero attached hydrogens (tertiary/aromatic N) is 2. The van der Waals surface area contributed by atoms with Gasteiger partial charge >= 0.3 is 0 Å². The molecular weight excluding hydrogens is 273 g/mol. The summed E-state index contributed by atoms with van der Waals surface area (Å²) >= 11 is 0. The lowest BCUT2D eigenvalue weighted by atomic mass is 10.2. The molecule has 108 valence electrons. The van der Waals surface area contributed by atoms with E-state index in [1.165, 1.54) is 12.1 Å². The van der Waals surface area contributed by atoms with Crippen molar-refractivity contribution in [2.24, 2.45) is 0 Å². The Kier molecular flexibility index (Phi) is 3.53. The number of ether oxygens (including phenoxy) is 1. The van der Waals surface area contributed by atoms with Gasteiger partial charge in [0.25, 0.3) is 0 Å².